The topological polar surface area (TPSA) is 105 Å². The molecular formula is C28H34N4O5S. The Morgan fingerprint density at radius 3 is 2.45 bits per heavy atom. The quantitative estimate of drug-likeness (QED) is 0.517. The number of likely N-dealkylation sites (tertiary alicyclic amines) is 1. The van der Waals surface area contributed by atoms with Gasteiger partial charge in [0.1, 0.15) is 5.75 Å². The number of methoxy groups -OCH3 is 1. The number of carbonyl (C=O) groups is 1. The first kappa shape index (κ1) is 26.4. The van der Waals surface area contributed by atoms with E-state index in [1.807, 2.05) is 29.0 Å². The van der Waals surface area contributed by atoms with E-state index in [1.54, 1.807) is 56.4 Å². The second kappa shape index (κ2) is 10.2. The number of nitrogens with zero attached hydrogens (tertiary/aromatic N) is 4. The van der Waals surface area contributed by atoms with Crippen LogP contribution < -0.4 is 4.74 Å². The van der Waals surface area contributed by atoms with Gasteiger partial charge in [0.2, 0.25) is 15.9 Å². The second-order valence-electron chi connectivity index (χ2n) is 10.2. The number of amides is 1. The van der Waals surface area contributed by atoms with Gasteiger partial charge < -0.3 is 19.3 Å². The van der Waals surface area contributed by atoms with Crippen molar-refractivity contribution >= 4 is 15.9 Å². The lowest BCUT2D eigenvalue weighted by Crippen LogP contribution is -2.48. The molecule has 38 heavy (non-hydrogen) atoms. The molecule has 9 nitrogen and oxygen atoms in total. The summed E-state index contributed by atoms with van der Waals surface area (Å²) in [6.45, 7) is 5.11. The van der Waals surface area contributed by atoms with Crippen LogP contribution in [-0.4, -0.2) is 64.9 Å². The summed E-state index contributed by atoms with van der Waals surface area (Å²) in [4.78, 5) is 19.7. The standard InChI is InChI=1S/C28H34N4O5S/c1-20-16-23(37-3)17-21(2)27(20)38(35,36)32-15-14-30-11-5-7-24(30)25(32)18-26(33)31-12-8-28(34,9-13-31)22-6-4-10-29-19-22/h4-7,10-11,16-17,19,25,34H,8-9,12-15,18H2,1-3H3. The number of ether oxygens (including phenoxy) is 1. The van der Waals surface area contributed by atoms with Crippen molar-refractivity contribution in [3.8, 4) is 5.75 Å². The highest BCUT2D eigenvalue weighted by Gasteiger charge is 2.41. The Labute approximate surface area is 223 Å². The molecule has 0 radical (unpaired) electrons. The number of benzene rings is 1. The summed E-state index contributed by atoms with van der Waals surface area (Å²) in [6, 6.07) is 10.3. The lowest BCUT2D eigenvalue weighted by atomic mass is 9.85. The van der Waals surface area contributed by atoms with Crippen LogP contribution in [-0.2, 0) is 27.0 Å². The van der Waals surface area contributed by atoms with E-state index in [4.69, 9.17) is 4.74 Å². The summed E-state index contributed by atoms with van der Waals surface area (Å²) >= 11 is 0. The smallest absolute Gasteiger partial charge is 0.244 e. The second-order valence-corrected chi connectivity index (χ2v) is 12.0. The molecule has 5 rings (SSSR count). The van der Waals surface area contributed by atoms with Gasteiger partial charge in [0.25, 0.3) is 0 Å². The number of aliphatic hydroxyl groups is 1. The number of fused-ring (bicyclic) bond motifs is 1. The average Bonchev–Trinajstić information content (AvgIpc) is 3.38. The van der Waals surface area contributed by atoms with E-state index in [-0.39, 0.29) is 23.8 Å². The third-order valence-corrected chi connectivity index (χ3v) is 10.1. The number of hydrogen-bond acceptors (Lipinski definition) is 6. The predicted octanol–water partition coefficient (Wildman–Crippen LogP) is 3.15. The fraction of sp³-hybridized carbons (Fsp3) is 0.429. The van der Waals surface area contributed by atoms with Gasteiger partial charge in [0.15, 0.2) is 0 Å². The van der Waals surface area contributed by atoms with Gasteiger partial charge in [-0.05, 0) is 68.1 Å². The number of carbonyl (C=O) groups excluding carboxylic acids is 1. The van der Waals surface area contributed by atoms with Crippen molar-refractivity contribution in [2.24, 2.45) is 0 Å². The summed E-state index contributed by atoms with van der Waals surface area (Å²) in [6.07, 6.45) is 6.09. The van der Waals surface area contributed by atoms with Crippen LogP contribution in [0, 0.1) is 13.8 Å². The maximum atomic E-state index is 14.1. The van der Waals surface area contributed by atoms with Gasteiger partial charge in [0.05, 0.1) is 23.6 Å². The monoisotopic (exact) mass is 538 g/mol. The van der Waals surface area contributed by atoms with Crippen LogP contribution in [0.25, 0.3) is 0 Å². The van der Waals surface area contributed by atoms with Crippen LogP contribution in [0.2, 0.25) is 0 Å². The highest BCUT2D eigenvalue weighted by Crippen LogP contribution is 2.38. The Morgan fingerprint density at radius 2 is 1.82 bits per heavy atom. The van der Waals surface area contributed by atoms with Gasteiger partial charge in [0, 0.05) is 62.4 Å². The highest BCUT2D eigenvalue weighted by molar-refractivity contribution is 7.89. The molecule has 10 heteroatoms. The van der Waals surface area contributed by atoms with E-state index in [9.17, 15) is 18.3 Å². The van der Waals surface area contributed by atoms with E-state index < -0.39 is 21.7 Å². The summed E-state index contributed by atoms with van der Waals surface area (Å²) in [5, 5.41) is 11.2. The van der Waals surface area contributed by atoms with Crippen LogP contribution >= 0.6 is 0 Å². The van der Waals surface area contributed by atoms with Crippen LogP contribution in [0.3, 0.4) is 0 Å². The van der Waals surface area contributed by atoms with Gasteiger partial charge >= 0.3 is 0 Å². The van der Waals surface area contributed by atoms with Crippen molar-refractivity contribution in [2.75, 3.05) is 26.7 Å². The molecular weight excluding hydrogens is 504 g/mol. The van der Waals surface area contributed by atoms with Gasteiger partial charge in [-0.25, -0.2) is 8.42 Å². The molecule has 202 valence electrons. The molecule has 1 fully saturated rings. The molecule has 1 saturated heterocycles. The van der Waals surface area contributed by atoms with Crippen molar-refractivity contribution < 1.29 is 23.1 Å². The number of rotatable bonds is 6. The fourth-order valence-electron chi connectivity index (χ4n) is 5.84. The largest absolute Gasteiger partial charge is 0.497 e. The van der Waals surface area contributed by atoms with Gasteiger partial charge in [-0.15, -0.1) is 0 Å². The molecule has 0 aliphatic carbocycles. The molecule has 2 aliphatic heterocycles. The molecule has 2 aromatic heterocycles. The van der Waals surface area contributed by atoms with Crippen LogP contribution in [0.1, 0.15) is 47.7 Å². The minimum Gasteiger partial charge on any atom is -0.497 e. The molecule has 0 spiro atoms. The maximum absolute atomic E-state index is 14.1. The highest BCUT2D eigenvalue weighted by atomic mass is 32.2. The molecule has 1 unspecified atom stereocenters. The minimum atomic E-state index is -3.90. The fourth-order valence-corrected chi connectivity index (χ4v) is 7.84. The van der Waals surface area contributed by atoms with Crippen molar-refractivity contribution in [3.63, 3.8) is 0 Å². The Hall–Kier alpha value is -3.21. The summed E-state index contributed by atoms with van der Waals surface area (Å²) in [7, 11) is -2.35. The Kier molecular flexibility index (Phi) is 7.06. The number of aromatic nitrogens is 2. The van der Waals surface area contributed by atoms with Crippen molar-refractivity contribution in [1.29, 1.82) is 0 Å². The van der Waals surface area contributed by atoms with E-state index in [1.165, 1.54) is 4.31 Å². The lowest BCUT2D eigenvalue weighted by Gasteiger charge is -2.40. The average molecular weight is 539 g/mol. The molecule has 2 aliphatic rings. The first-order valence-corrected chi connectivity index (χ1v) is 14.3. The number of aryl methyl sites for hydroxylation is 2. The van der Waals surface area contributed by atoms with Crippen LogP contribution in [0.4, 0.5) is 0 Å². The summed E-state index contributed by atoms with van der Waals surface area (Å²) < 4.78 is 37.0. The predicted molar refractivity (Wildman–Crippen MR) is 142 cm³/mol. The lowest BCUT2D eigenvalue weighted by molar-refractivity contribution is -0.137. The normalized spacial score (nSPS) is 19.7. The number of pyridine rings is 1. The molecule has 1 aromatic carbocycles. The van der Waals surface area contributed by atoms with Crippen LogP contribution in [0.5, 0.6) is 5.75 Å². The van der Waals surface area contributed by atoms with Crippen molar-refractivity contribution in [2.45, 2.75) is 56.2 Å². The number of sulfonamides is 1. The first-order valence-electron chi connectivity index (χ1n) is 12.9. The van der Waals surface area contributed by atoms with Gasteiger partial charge in [-0.2, -0.15) is 4.31 Å². The summed E-state index contributed by atoms with van der Waals surface area (Å²) in [5.41, 5.74) is 1.75. The Balaban J connectivity index is 1.40. The molecule has 1 amide bonds. The zero-order chi connectivity index (χ0) is 27.1. The zero-order valence-corrected chi connectivity index (χ0v) is 22.8. The van der Waals surface area contributed by atoms with E-state index >= 15 is 0 Å². The molecule has 1 atom stereocenters. The van der Waals surface area contributed by atoms with Gasteiger partial charge in [-0.1, -0.05) is 6.07 Å². The number of hydrogen-bond donors (Lipinski definition) is 1. The van der Waals surface area contributed by atoms with E-state index in [0.29, 0.717) is 49.4 Å². The first-order chi connectivity index (χ1) is 18.1. The molecule has 1 N–H and O–H groups in total. The molecule has 4 heterocycles. The number of piperidine rings is 1. The van der Waals surface area contributed by atoms with Crippen LogP contribution in [0.15, 0.2) is 59.9 Å². The third-order valence-electron chi connectivity index (χ3n) is 7.86. The van der Waals surface area contributed by atoms with E-state index in [2.05, 4.69) is 4.98 Å². The van der Waals surface area contributed by atoms with Gasteiger partial charge in [-0.3, -0.25) is 9.78 Å². The van der Waals surface area contributed by atoms with E-state index in [0.717, 1.165) is 11.3 Å². The van der Waals surface area contributed by atoms with Crippen molar-refractivity contribution in [3.05, 3.63) is 77.4 Å². The third kappa shape index (κ3) is 4.72. The SMILES string of the molecule is COc1cc(C)c(S(=O)(=O)N2CCn3cccc3C2CC(=O)N2CCC(O)(c3cccnc3)CC2)c(C)c1. The molecule has 0 saturated carbocycles. The maximum Gasteiger partial charge on any atom is 0.244 e. The summed E-state index contributed by atoms with van der Waals surface area (Å²) in [5.74, 6) is 0.482. The minimum absolute atomic E-state index is 0.0306. The Morgan fingerprint density at radius 1 is 1.11 bits per heavy atom. The molecule has 0 bridgehead atoms. The van der Waals surface area contributed by atoms with Crippen molar-refractivity contribution in [1.82, 2.24) is 18.8 Å². The zero-order valence-electron chi connectivity index (χ0n) is 22.0. The Bertz CT molecular complexity index is 1410. The molecule has 3 aromatic rings.